The molecule has 0 aliphatic heterocycles. The first-order valence-corrected chi connectivity index (χ1v) is 34.2. The molecule has 0 amide bonds. The number of esters is 3. The summed E-state index contributed by atoms with van der Waals surface area (Å²) in [7, 11) is 0. The summed E-state index contributed by atoms with van der Waals surface area (Å²) in [5, 5.41) is 0. The Kier molecular flexibility index (Phi) is 64.7. The maximum atomic E-state index is 12.9. The Bertz CT molecular complexity index is 1560. The van der Waals surface area contributed by atoms with Crippen molar-refractivity contribution in [2.24, 2.45) is 0 Å². The number of ether oxygens (including phenoxy) is 3. The summed E-state index contributed by atoms with van der Waals surface area (Å²) < 4.78 is 16.9. The fourth-order valence-electron chi connectivity index (χ4n) is 9.68. The van der Waals surface area contributed by atoms with Gasteiger partial charge in [0.1, 0.15) is 13.2 Å². The largest absolute Gasteiger partial charge is 0.462 e. The van der Waals surface area contributed by atoms with E-state index in [1.165, 1.54) is 199 Å². The van der Waals surface area contributed by atoms with E-state index in [9.17, 15) is 14.4 Å². The number of carbonyl (C=O) groups excluding carboxylic acids is 3. The minimum absolute atomic E-state index is 0.100. The van der Waals surface area contributed by atoms with Crippen LogP contribution in [0.4, 0.5) is 0 Å². The van der Waals surface area contributed by atoms with E-state index >= 15 is 0 Å². The van der Waals surface area contributed by atoms with Crippen LogP contribution in [0.2, 0.25) is 0 Å². The Morgan fingerprint density at radius 1 is 0.263 bits per heavy atom. The van der Waals surface area contributed by atoms with Crippen LogP contribution < -0.4 is 0 Å². The van der Waals surface area contributed by atoms with Gasteiger partial charge in [-0.05, 0) is 116 Å². The van der Waals surface area contributed by atoms with Crippen LogP contribution in [0, 0.1) is 0 Å². The third-order valence-corrected chi connectivity index (χ3v) is 14.8. The first-order valence-electron chi connectivity index (χ1n) is 34.2. The highest BCUT2D eigenvalue weighted by Gasteiger charge is 2.19. The second kappa shape index (κ2) is 67.8. The molecular formula is C74H128O6. The van der Waals surface area contributed by atoms with Crippen LogP contribution in [0.1, 0.15) is 335 Å². The van der Waals surface area contributed by atoms with E-state index in [1.807, 2.05) is 0 Å². The molecule has 1 atom stereocenters. The lowest BCUT2D eigenvalue weighted by molar-refractivity contribution is -0.167. The maximum absolute atomic E-state index is 12.9. The van der Waals surface area contributed by atoms with Crippen molar-refractivity contribution in [2.75, 3.05) is 13.2 Å². The van der Waals surface area contributed by atoms with Gasteiger partial charge in [0, 0.05) is 19.3 Å². The first kappa shape index (κ1) is 76.3. The van der Waals surface area contributed by atoms with Gasteiger partial charge < -0.3 is 14.2 Å². The summed E-state index contributed by atoms with van der Waals surface area (Å²) in [5.74, 6) is -0.956. The van der Waals surface area contributed by atoms with Gasteiger partial charge in [0.25, 0.3) is 0 Å². The van der Waals surface area contributed by atoms with Crippen LogP contribution in [0.15, 0.2) is 97.2 Å². The molecule has 460 valence electrons. The van der Waals surface area contributed by atoms with Gasteiger partial charge in [-0.2, -0.15) is 0 Å². The number of rotatable bonds is 62. The molecule has 0 aromatic heterocycles. The van der Waals surface area contributed by atoms with Gasteiger partial charge in [0.05, 0.1) is 0 Å². The lowest BCUT2D eigenvalue weighted by Gasteiger charge is -2.18. The van der Waals surface area contributed by atoms with Crippen molar-refractivity contribution >= 4 is 17.9 Å². The molecule has 0 fully saturated rings. The molecule has 0 aromatic carbocycles. The van der Waals surface area contributed by atoms with Crippen molar-refractivity contribution in [3.05, 3.63) is 97.2 Å². The molecule has 80 heavy (non-hydrogen) atoms. The highest BCUT2D eigenvalue weighted by Crippen LogP contribution is 2.17. The van der Waals surface area contributed by atoms with E-state index in [1.54, 1.807) is 0 Å². The second-order valence-corrected chi connectivity index (χ2v) is 22.7. The van der Waals surface area contributed by atoms with Crippen molar-refractivity contribution in [1.29, 1.82) is 0 Å². The molecule has 0 saturated heterocycles. The topological polar surface area (TPSA) is 78.9 Å². The molecule has 6 nitrogen and oxygen atoms in total. The molecule has 0 aromatic rings. The maximum Gasteiger partial charge on any atom is 0.306 e. The minimum atomic E-state index is -0.811. The average Bonchev–Trinajstić information content (AvgIpc) is 3.46. The van der Waals surface area contributed by atoms with E-state index < -0.39 is 6.10 Å². The third kappa shape index (κ3) is 65.1. The number of hydrogen-bond donors (Lipinski definition) is 0. The molecule has 0 bridgehead atoms. The van der Waals surface area contributed by atoms with Crippen molar-refractivity contribution in [2.45, 2.75) is 341 Å². The Balaban J connectivity index is 4.25. The molecule has 0 N–H and O–H groups in total. The van der Waals surface area contributed by atoms with Gasteiger partial charge in [-0.1, -0.05) is 298 Å². The van der Waals surface area contributed by atoms with E-state index in [2.05, 4.69) is 118 Å². The standard InChI is InChI=1S/C74H128O6/c1-4-7-10-13-16-19-22-25-28-30-31-32-33-34-35-36-37-38-39-40-41-42-43-45-46-49-52-55-58-61-64-67-73(76)79-70-71(69-78-72(75)66-63-60-57-54-51-48-27-24-21-18-15-12-9-6-3)80-74(77)68-65-62-59-56-53-50-47-44-29-26-23-20-17-14-11-8-5-2/h8,11,17,20,22,24-27,29-31,47,50,56,59,71H,4-7,9-10,12-16,18-19,21,23,28,32-46,48-49,51-55,57-58,60-70H2,1-3H3/b11-8-,20-17-,25-22-,27-24-,29-26-,31-30-,50-47-,59-56-. The van der Waals surface area contributed by atoms with Crippen LogP contribution in [-0.4, -0.2) is 37.2 Å². The fraction of sp³-hybridized carbons (Fsp3) is 0.743. The zero-order valence-electron chi connectivity index (χ0n) is 52.8. The Hall–Kier alpha value is -3.67. The second-order valence-electron chi connectivity index (χ2n) is 22.7. The Morgan fingerprint density at radius 2 is 0.500 bits per heavy atom. The van der Waals surface area contributed by atoms with Crippen molar-refractivity contribution < 1.29 is 28.6 Å². The molecule has 0 saturated carbocycles. The molecule has 0 rings (SSSR count). The van der Waals surface area contributed by atoms with Crippen LogP contribution in [0.5, 0.6) is 0 Å². The first-order chi connectivity index (χ1) is 39.5. The quantitative estimate of drug-likeness (QED) is 0.0261. The highest BCUT2D eigenvalue weighted by molar-refractivity contribution is 5.71. The van der Waals surface area contributed by atoms with Gasteiger partial charge in [0.15, 0.2) is 6.10 Å². The summed E-state index contributed by atoms with van der Waals surface area (Å²) in [5.41, 5.74) is 0. The van der Waals surface area contributed by atoms with Crippen molar-refractivity contribution in [1.82, 2.24) is 0 Å². The van der Waals surface area contributed by atoms with Crippen LogP contribution in [0.25, 0.3) is 0 Å². The zero-order chi connectivity index (χ0) is 57.8. The zero-order valence-corrected chi connectivity index (χ0v) is 52.8. The van der Waals surface area contributed by atoms with Crippen LogP contribution in [-0.2, 0) is 28.6 Å². The average molecular weight is 1110 g/mol. The number of carbonyl (C=O) groups is 3. The smallest absolute Gasteiger partial charge is 0.306 e. The van der Waals surface area contributed by atoms with Gasteiger partial charge in [0.2, 0.25) is 0 Å². The van der Waals surface area contributed by atoms with Crippen LogP contribution >= 0.6 is 0 Å². The summed E-state index contributed by atoms with van der Waals surface area (Å²) in [4.78, 5) is 38.3. The van der Waals surface area contributed by atoms with Gasteiger partial charge in [-0.15, -0.1) is 0 Å². The number of unbranched alkanes of at least 4 members (excludes halogenated alkanes) is 35. The summed E-state index contributed by atoms with van der Waals surface area (Å²) in [6, 6.07) is 0. The Morgan fingerprint density at radius 3 is 0.812 bits per heavy atom. The van der Waals surface area contributed by atoms with Gasteiger partial charge in [-0.3, -0.25) is 14.4 Å². The van der Waals surface area contributed by atoms with Gasteiger partial charge in [-0.25, -0.2) is 0 Å². The molecular weight excluding hydrogens is 985 g/mol. The summed E-state index contributed by atoms with van der Waals surface area (Å²) >= 11 is 0. The SMILES string of the molecule is CC/C=C\C/C=C\C/C=C\C/C=C\C/C=C\CCCC(=O)OC(COC(=O)CCCCCCC/C=C\CCCCCCC)COC(=O)CCCCCCCCCCCCCCCCCCCCC/C=C\C/C=C\CCCCCCC. The highest BCUT2D eigenvalue weighted by atomic mass is 16.6. The molecule has 6 heteroatoms. The molecule has 0 aliphatic rings. The third-order valence-electron chi connectivity index (χ3n) is 14.8. The lowest BCUT2D eigenvalue weighted by atomic mass is 10.0. The monoisotopic (exact) mass is 1110 g/mol. The lowest BCUT2D eigenvalue weighted by Crippen LogP contribution is -2.30. The predicted molar refractivity (Wildman–Crippen MR) is 348 cm³/mol. The predicted octanol–water partition coefficient (Wildman–Crippen LogP) is 23.6. The minimum Gasteiger partial charge on any atom is -0.462 e. The molecule has 0 aliphatic carbocycles. The number of allylic oxidation sites excluding steroid dienone is 16. The summed E-state index contributed by atoms with van der Waals surface area (Å²) in [6.45, 7) is 6.48. The van der Waals surface area contributed by atoms with Crippen molar-refractivity contribution in [3.8, 4) is 0 Å². The molecule has 1 unspecified atom stereocenters. The molecule has 0 radical (unpaired) electrons. The fourth-order valence-corrected chi connectivity index (χ4v) is 9.68. The Labute approximate surface area is 496 Å². The van der Waals surface area contributed by atoms with Gasteiger partial charge >= 0.3 is 17.9 Å². The van der Waals surface area contributed by atoms with E-state index in [-0.39, 0.29) is 37.5 Å². The normalized spacial score (nSPS) is 12.7. The van der Waals surface area contributed by atoms with E-state index in [4.69, 9.17) is 14.2 Å². The van der Waals surface area contributed by atoms with E-state index in [0.717, 1.165) is 89.9 Å². The van der Waals surface area contributed by atoms with Crippen molar-refractivity contribution in [3.63, 3.8) is 0 Å². The molecule has 0 heterocycles. The molecule has 0 spiro atoms. The summed E-state index contributed by atoms with van der Waals surface area (Å²) in [6.07, 6.45) is 91.6. The number of hydrogen-bond acceptors (Lipinski definition) is 6. The van der Waals surface area contributed by atoms with E-state index in [0.29, 0.717) is 19.3 Å². The van der Waals surface area contributed by atoms with Crippen LogP contribution in [0.3, 0.4) is 0 Å².